The Labute approximate surface area is 294 Å². The van der Waals surface area contributed by atoms with Gasteiger partial charge in [-0.05, 0) is 93.3 Å². The normalized spacial score (nSPS) is 11.5. The van der Waals surface area contributed by atoms with Gasteiger partial charge in [0.15, 0.2) is 0 Å². The van der Waals surface area contributed by atoms with Gasteiger partial charge in [0.05, 0.1) is 31.5 Å². The first-order chi connectivity index (χ1) is 24.2. The number of para-hydroxylation sites is 1. The molecular formula is C41H47N5O4. The Bertz CT molecular complexity index is 1850. The van der Waals surface area contributed by atoms with E-state index in [1.807, 2.05) is 67.7 Å². The summed E-state index contributed by atoms with van der Waals surface area (Å²) in [5.41, 5.74) is 7.63. The third-order valence-electron chi connectivity index (χ3n) is 8.74. The van der Waals surface area contributed by atoms with E-state index >= 15 is 0 Å². The number of carbonyl (C=O) groups excluding carboxylic acids is 2. The summed E-state index contributed by atoms with van der Waals surface area (Å²) in [4.78, 5) is 32.5. The molecular weight excluding hydrogens is 626 g/mol. The first-order valence-electron chi connectivity index (χ1n) is 17.2. The highest BCUT2D eigenvalue weighted by Gasteiger charge is 2.17. The van der Waals surface area contributed by atoms with Gasteiger partial charge in [-0.15, -0.1) is 0 Å². The summed E-state index contributed by atoms with van der Waals surface area (Å²) < 4.78 is 7.77. The molecule has 0 saturated heterocycles. The number of pyridine rings is 1. The molecule has 0 bridgehead atoms. The number of amides is 2. The number of ether oxygens (including phenoxy) is 1. The molecule has 2 heterocycles. The van der Waals surface area contributed by atoms with E-state index in [9.17, 15) is 14.7 Å². The van der Waals surface area contributed by atoms with Crippen LogP contribution in [0.25, 0.3) is 5.82 Å². The molecule has 9 heteroatoms. The first kappa shape index (κ1) is 35.9. The van der Waals surface area contributed by atoms with Crippen LogP contribution in [0.2, 0.25) is 0 Å². The zero-order valence-corrected chi connectivity index (χ0v) is 29.4. The van der Waals surface area contributed by atoms with E-state index in [1.54, 1.807) is 12.1 Å². The summed E-state index contributed by atoms with van der Waals surface area (Å²) >= 11 is 0. The number of nitrogens with one attached hydrogen (secondary N) is 2. The molecule has 0 fully saturated rings. The number of nitrogens with zero attached hydrogens (tertiary/aromatic N) is 3. The summed E-state index contributed by atoms with van der Waals surface area (Å²) in [5, 5.41) is 15.8. The van der Waals surface area contributed by atoms with Crippen molar-refractivity contribution < 1.29 is 19.4 Å². The number of rotatable bonds is 16. The van der Waals surface area contributed by atoms with Crippen LogP contribution < -0.4 is 20.3 Å². The molecule has 0 saturated carbocycles. The molecule has 0 aliphatic heterocycles. The Morgan fingerprint density at radius 2 is 1.60 bits per heavy atom. The minimum Gasteiger partial charge on any atom is -0.494 e. The maximum absolute atomic E-state index is 12.9. The number of anilines is 1. The summed E-state index contributed by atoms with van der Waals surface area (Å²) in [7, 11) is 0. The van der Waals surface area contributed by atoms with E-state index in [1.165, 1.54) is 0 Å². The lowest BCUT2D eigenvalue weighted by molar-refractivity contribution is -0.120. The Kier molecular flexibility index (Phi) is 12.4. The summed E-state index contributed by atoms with van der Waals surface area (Å²) in [6, 6.07) is 31.3. The Morgan fingerprint density at radius 3 is 2.30 bits per heavy atom. The predicted octanol–water partition coefficient (Wildman–Crippen LogP) is 6.11. The van der Waals surface area contributed by atoms with E-state index in [2.05, 4.69) is 71.2 Å². The first-order valence-corrected chi connectivity index (χ1v) is 17.2. The number of aliphatic hydroxyl groups is 1. The standard InChI is InChI=1S/C41H47N5O4/c1-5-50-38-12-7-6-11-36(38)27-44-41(49)35-17-15-32(16-18-35)26-43-40(48)25-34-10-8-9-33(24-34)23-31(4)45(21-22-47)37-19-20-39(42-28-37)46-29(2)13-14-30(46)3/h6-20,24,28,31,47H,5,21-23,25-27H2,1-4H3,(H,43,48)(H,44,49). The number of hydrogen-bond acceptors (Lipinski definition) is 6. The van der Waals surface area contributed by atoms with Gasteiger partial charge in [0.2, 0.25) is 5.91 Å². The lowest BCUT2D eigenvalue weighted by Gasteiger charge is -2.31. The fourth-order valence-electron chi connectivity index (χ4n) is 6.19. The molecule has 260 valence electrons. The van der Waals surface area contributed by atoms with Gasteiger partial charge in [-0.1, -0.05) is 54.6 Å². The van der Waals surface area contributed by atoms with Gasteiger partial charge >= 0.3 is 0 Å². The molecule has 0 aliphatic carbocycles. The van der Waals surface area contributed by atoms with E-state index in [-0.39, 0.29) is 30.9 Å². The summed E-state index contributed by atoms with van der Waals surface area (Å²) in [6.07, 6.45) is 2.87. The molecule has 0 aliphatic rings. The molecule has 0 radical (unpaired) electrons. The van der Waals surface area contributed by atoms with E-state index in [0.717, 1.165) is 57.3 Å². The monoisotopic (exact) mass is 673 g/mol. The van der Waals surface area contributed by atoms with Gasteiger partial charge in [0.25, 0.3) is 5.91 Å². The van der Waals surface area contributed by atoms with Crippen molar-refractivity contribution >= 4 is 17.5 Å². The molecule has 5 aromatic rings. The molecule has 3 aromatic carbocycles. The van der Waals surface area contributed by atoms with Crippen molar-refractivity contribution in [1.82, 2.24) is 20.2 Å². The van der Waals surface area contributed by atoms with Crippen LogP contribution in [-0.2, 0) is 30.7 Å². The highest BCUT2D eigenvalue weighted by atomic mass is 16.5. The average molecular weight is 674 g/mol. The summed E-state index contributed by atoms with van der Waals surface area (Å²) in [5.74, 6) is 1.38. The Morgan fingerprint density at radius 1 is 0.860 bits per heavy atom. The van der Waals surface area contributed by atoms with E-state index < -0.39 is 0 Å². The van der Waals surface area contributed by atoms with Crippen LogP contribution in [0.1, 0.15) is 57.8 Å². The van der Waals surface area contributed by atoms with Crippen molar-refractivity contribution in [2.75, 3.05) is 24.7 Å². The van der Waals surface area contributed by atoms with Crippen LogP contribution >= 0.6 is 0 Å². The number of aliphatic hydroxyl groups excluding tert-OH is 1. The summed E-state index contributed by atoms with van der Waals surface area (Å²) in [6.45, 7) is 10.0. The average Bonchev–Trinajstić information content (AvgIpc) is 3.46. The number of aryl methyl sites for hydroxylation is 2. The van der Waals surface area contributed by atoms with Gasteiger partial charge in [0, 0.05) is 48.2 Å². The van der Waals surface area contributed by atoms with Gasteiger partial charge in [-0.3, -0.25) is 9.59 Å². The fourth-order valence-corrected chi connectivity index (χ4v) is 6.19. The van der Waals surface area contributed by atoms with Crippen molar-refractivity contribution in [3.63, 3.8) is 0 Å². The van der Waals surface area contributed by atoms with Crippen LogP contribution in [0.5, 0.6) is 5.75 Å². The van der Waals surface area contributed by atoms with Gasteiger partial charge in [-0.25, -0.2) is 4.98 Å². The van der Waals surface area contributed by atoms with Crippen molar-refractivity contribution in [3.8, 4) is 11.6 Å². The molecule has 9 nitrogen and oxygen atoms in total. The molecule has 0 spiro atoms. The smallest absolute Gasteiger partial charge is 0.251 e. The van der Waals surface area contributed by atoms with Crippen molar-refractivity contribution in [3.05, 3.63) is 142 Å². The molecule has 1 unspecified atom stereocenters. The van der Waals surface area contributed by atoms with Crippen LogP contribution in [-0.4, -0.2) is 52.3 Å². The molecule has 2 amide bonds. The van der Waals surface area contributed by atoms with E-state index in [4.69, 9.17) is 9.72 Å². The zero-order valence-electron chi connectivity index (χ0n) is 29.4. The second kappa shape index (κ2) is 17.3. The largest absolute Gasteiger partial charge is 0.494 e. The van der Waals surface area contributed by atoms with Crippen LogP contribution in [0, 0.1) is 13.8 Å². The SMILES string of the molecule is CCOc1ccccc1CNC(=O)c1ccc(CNC(=O)Cc2cccc(CC(C)N(CCO)c3ccc(-n4c(C)ccc4C)nc3)c2)cc1. The third kappa shape index (κ3) is 9.39. The van der Waals surface area contributed by atoms with Crippen LogP contribution in [0.3, 0.4) is 0 Å². The van der Waals surface area contributed by atoms with Crippen molar-refractivity contribution in [2.45, 2.75) is 59.7 Å². The van der Waals surface area contributed by atoms with Gasteiger partial charge in [-0.2, -0.15) is 0 Å². The number of carbonyl (C=O) groups is 2. The molecule has 1 atom stereocenters. The topological polar surface area (TPSA) is 109 Å². The van der Waals surface area contributed by atoms with Crippen molar-refractivity contribution in [1.29, 1.82) is 0 Å². The lowest BCUT2D eigenvalue weighted by atomic mass is 10.0. The van der Waals surface area contributed by atoms with Crippen LogP contribution in [0.4, 0.5) is 5.69 Å². The lowest BCUT2D eigenvalue weighted by Crippen LogP contribution is -2.37. The molecule has 3 N–H and O–H groups in total. The van der Waals surface area contributed by atoms with Crippen LogP contribution in [0.15, 0.2) is 103 Å². The fraction of sp³-hybridized carbons (Fsp3) is 0.293. The second-order valence-corrected chi connectivity index (χ2v) is 12.5. The quantitative estimate of drug-likeness (QED) is 0.117. The van der Waals surface area contributed by atoms with Gasteiger partial charge < -0.3 is 29.9 Å². The van der Waals surface area contributed by atoms with Crippen molar-refractivity contribution in [2.24, 2.45) is 0 Å². The minimum atomic E-state index is -0.173. The maximum Gasteiger partial charge on any atom is 0.251 e. The number of hydrogen-bond donors (Lipinski definition) is 3. The minimum absolute atomic E-state index is 0.0298. The highest BCUT2D eigenvalue weighted by molar-refractivity contribution is 5.94. The molecule has 50 heavy (non-hydrogen) atoms. The number of benzene rings is 3. The maximum atomic E-state index is 12.9. The number of aromatic nitrogens is 2. The zero-order chi connectivity index (χ0) is 35.5. The van der Waals surface area contributed by atoms with E-state index in [0.29, 0.717) is 31.8 Å². The highest BCUT2D eigenvalue weighted by Crippen LogP contribution is 2.22. The third-order valence-corrected chi connectivity index (χ3v) is 8.74. The molecule has 5 rings (SSSR count). The van der Waals surface area contributed by atoms with Gasteiger partial charge in [0.1, 0.15) is 11.6 Å². The Balaban J connectivity index is 1.12. The second-order valence-electron chi connectivity index (χ2n) is 12.5. The predicted molar refractivity (Wildman–Crippen MR) is 198 cm³/mol. The molecule has 2 aromatic heterocycles. The Hall–Kier alpha value is -5.41.